The third kappa shape index (κ3) is 4.51. The zero-order chi connectivity index (χ0) is 13.6. The van der Waals surface area contributed by atoms with E-state index in [0.717, 1.165) is 13.0 Å². The van der Waals surface area contributed by atoms with Gasteiger partial charge in [-0.15, -0.1) is 0 Å². The zero-order valence-electron chi connectivity index (χ0n) is 12.2. The second-order valence-corrected chi connectivity index (χ2v) is 5.56. The predicted molar refractivity (Wildman–Crippen MR) is 74.9 cm³/mol. The molecule has 0 aliphatic carbocycles. The Morgan fingerprint density at radius 2 is 2.11 bits per heavy atom. The van der Waals surface area contributed by atoms with E-state index in [4.69, 9.17) is 4.74 Å². The highest BCUT2D eigenvalue weighted by Gasteiger charge is 2.22. The van der Waals surface area contributed by atoms with Gasteiger partial charge in [-0.3, -0.25) is 0 Å². The van der Waals surface area contributed by atoms with Gasteiger partial charge >= 0.3 is 0 Å². The number of ether oxygens (including phenoxy) is 1. The third-order valence-electron chi connectivity index (χ3n) is 3.35. The Hall–Kier alpha value is -1.32. The molecular formula is C14H25N3O. The van der Waals surface area contributed by atoms with Crippen LogP contribution in [0.5, 0.6) is 5.88 Å². The van der Waals surface area contributed by atoms with Crippen molar-refractivity contribution >= 4 is 5.95 Å². The molecule has 0 unspecified atom stereocenters. The lowest BCUT2D eigenvalue weighted by Crippen LogP contribution is -2.29. The molecule has 0 aliphatic heterocycles. The number of nitrogens with one attached hydrogen (secondary N) is 1. The fourth-order valence-corrected chi connectivity index (χ4v) is 1.23. The maximum atomic E-state index is 5.48. The van der Waals surface area contributed by atoms with Crippen molar-refractivity contribution < 1.29 is 4.74 Å². The van der Waals surface area contributed by atoms with Gasteiger partial charge in [0.2, 0.25) is 11.8 Å². The Labute approximate surface area is 110 Å². The van der Waals surface area contributed by atoms with E-state index in [9.17, 15) is 0 Å². The lowest BCUT2D eigenvalue weighted by Gasteiger charge is -2.29. The van der Waals surface area contributed by atoms with Crippen LogP contribution in [0.2, 0.25) is 0 Å². The van der Waals surface area contributed by atoms with Gasteiger partial charge in [0.05, 0.1) is 6.61 Å². The lowest BCUT2D eigenvalue weighted by atomic mass is 9.81. The van der Waals surface area contributed by atoms with Crippen molar-refractivity contribution in [2.45, 2.75) is 41.0 Å². The fourth-order valence-electron chi connectivity index (χ4n) is 1.23. The van der Waals surface area contributed by atoms with Crippen molar-refractivity contribution in [1.29, 1.82) is 0 Å². The molecule has 0 spiro atoms. The normalized spacial score (nSPS) is 11.7. The van der Waals surface area contributed by atoms with Gasteiger partial charge in [0.25, 0.3) is 0 Å². The number of rotatable bonds is 7. The van der Waals surface area contributed by atoms with E-state index in [0.29, 0.717) is 24.4 Å². The molecule has 1 rings (SSSR count). The number of nitrogens with zero attached hydrogens (tertiary/aromatic N) is 2. The molecule has 1 heterocycles. The van der Waals surface area contributed by atoms with E-state index in [1.165, 1.54) is 0 Å². The number of aromatic nitrogens is 2. The highest BCUT2D eigenvalue weighted by molar-refractivity contribution is 5.27. The Kier molecular flexibility index (Phi) is 5.38. The minimum atomic E-state index is 0.212. The van der Waals surface area contributed by atoms with Gasteiger partial charge in [0.1, 0.15) is 0 Å². The molecule has 0 aromatic carbocycles. The number of hydrogen-bond donors (Lipinski definition) is 1. The average molecular weight is 251 g/mol. The second kappa shape index (κ2) is 6.57. The molecule has 4 heteroatoms. The van der Waals surface area contributed by atoms with E-state index < -0.39 is 0 Å². The van der Waals surface area contributed by atoms with Gasteiger partial charge in [-0.25, -0.2) is 4.98 Å². The van der Waals surface area contributed by atoms with Crippen molar-refractivity contribution in [2.24, 2.45) is 11.3 Å². The van der Waals surface area contributed by atoms with E-state index in [1.807, 2.05) is 0 Å². The van der Waals surface area contributed by atoms with Crippen LogP contribution in [0.1, 0.15) is 41.0 Å². The van der Waals surface area contributed by atoms with E-state index in [1.54, 1.807) is 12.3 Å². The van der Waals surface area contributed by atoms with Crippen LogP contribution in [0.25, 0.3) is 0 Å². The maximum absolute atomic E-state index is 5.48. The molecule has 0 amide bonds. The molecule has 1 aromatic heterocycles. The van der Waals surface area contributed by atoms with Crippen LogP contribution in [0.15, 0.2) is 12.3 Å². The summed E-state index contributed by atoms with van der Waals surface area (Å²) in [5.41, 5.74) is 0.212. The van der Waals surface area contributed by atoms with Crippen LogP contribution >= 0.6 is 0 Å². The number of anilines is 1. The maximum Gasteiger partial charge on any atom is 0.225 e. The molecule has 0 bridgehead atoms. The van der Waals surface area contributed by atoms with Crippen LogP contribution in [0.4, 0.5) is 5.95 Å². The smallest absolute Gasteiger partial charge is 0.225 e. The molecule has 1 aromatic rings. The zero-order valence-corrected chi connectivity index (χ0v) is 12.2. The molecule has 0 fully saturated rings. The first kappa shape index (κ1) is 14.7. The fraction of sp³-hybridized carbons (Fsp3) is 0.714. The average Bonchev–Trinajstić information content (AvgIpc) is 2.34. The molecule has 0 atom stereocenters. The highest BCUT2D eigenvalue weighted by Crippen LogP contribution is 2.25. The molecule has 102 valence electrons. The van der Waals surface area contributed by atoms with Crippen LogP contribution < -0.4 is 10.1 Å². The SMILES string of the molecule is CCCOc1ccnc(NCC(C)(C)C(C)C)n1. The van der Waals surface area contributed by atoms with Gasteiger partial charge in [-0.05, 0) is 17.8 Å². The van der Waals surface area contributed by atoms with E-state index in [2.05, 4.69) is 49.9 Å². The summed E-state index contributed by atoms with van der Waals surface area (Å²) >= 11 is 0. The van der Waals surface area contributed by atoms with Gasteiger partial charge in [-0.1, -0.05) is 34.6 Å². The van der Waals surface area contributed by atoms with E-state index >= 15 is 0 Å². The summed E-state index contributed by atoms with van der Waals surface area (Å²) in [6, 6.07) is 1.79. The van der Waals surface area contributed by atoms with Gasteiger partial charge in [0, 0.05) is 18.8 Å². The van der Waals surface area contributed by atoms with Crippen molar-refractivity contribution in [2.75, 3.05) is 18.5 Å². The van der Waals surface area contributed by atoms with Crippen LogP contribution in [0, 0.1) is 11.3 Å². The van der Waals surface area contributed by atoms with E-state index in [-0.39, 0.29) is 5.41 Å². The summed E-state index contributed by atoms with van der Waals surface area (Å²) in [5, 5.41) is 3.28. The van der Waals surface area contributed by atoms with Crippen molar-refractivity contribution in [3.8, 4) is 5.88 Å². The molecule has 0 radical (unpaired) electrons. The first-order chi connectivity index (χ1) is 8.45. The van der Waals surface area contributed by atoms with Gasteiger partial charge < -0.3 is 10.1 Å². The summed E-state index contributed by atoms with van der Waals surface area (Å²) in [6.07, 6.45) is 2.70. The van der Waals surface area contributed by atoms with Crippen molar-refractivity contribution in [3.05, 3.63) is 12.3 Å². The standard InChI is InChI=1S/C14H25N3O/c1-6-9-18-12-7-8-15-13(17-12)16-10-14(4,5)11(2)3/h7-8,11H,6,9-10H2,1-5H3,(H,15,16,17). The highest BCUT2D eigenvalue weighted by atomic mass is 16.5. The Balaban J connectivity index is 2.57. The monoisotopic (exact) mass is 251 g/mol. The minimum Gasteiger partial charge on any atom is -0.478 e. The Bertz CT molecular complexity index is 364. The summed E-state index contributed by atoms with van der Waals surface area (Å²) in [4.78, 5) is 8.54. The van der Waals surface area contributed by atoms with Gasteiger partial charge in [0.15, 0.2) is 0 Å². The molecule has 18 heavy (non-hydrogen) atoms. The number of hydrogen-bond acceptors (Lipinski definition) is 4. The first-order valence-corrected chi connectivity index (χ1v) is 6.65. The van der Waals surface area contributed by atoms with Crippen LogP contribution in [-0.2, 0) is 0 Å². The molecular weight excluding hydrogens is 226 g/mol. The third-order valence-corrected chi connectivity index (χ3v) is 3.35. The summed E-state index contributed by atoms with van der Waals surface area (Å²) in [6.45, 7) is 12.5. The molecule has 0 aliphatic rings. The summed E-state index contributed by atoms with van der Waals surface area (Å²) in [5.74, 6) is 1.87. The topological polar surface area (TPSA) is 47.0 Å². The first-order valence-electron chi connectivity index (χ1n) is 6.65. The van der Waals surface area contributed by atoms with Crippen LogP contribution in [-0.4, -0.2) is 23.1 Å². The Morgan fingerprint density at radius 3 is 2.72 bits per heavy atom. The van der Waals surface area contributed by atoms with Gasteiger partial charge in [-0.2, -0.15) is 4.98 Å². The largest absolute Gasteiger partial charge is 0.478 e. The quantitative estimate of drug-likeness (QED) is 0.807. The second-order valence-electron chi connectivity index (χ2n) is 5.56. The minimum absolute atomic E-state index is 0.212. The lowest BCUT2D eigenvalue weighted by molar-refractivity contribution is 0.269. The Morgan fingerprint density at radius 1 is 1.39 bits per heavy atom. The predicted octanol–water partition coefficient (Wildman–Crippen LogP) is 3.36. The molecule has 0 saturated heterocycles. The molecule has 4 nitrogen and oxygen atoms in total. The summed E-state index contributed by atoms with van der Waals surface area (Å²) in [7, 11) is 0. The van der Waals surface area contributed by atoms with Crippen molar-refractivity contribution in [1.82, 2.24) is 9.97 Å². The molecule has 0 saturated carbocycles. The van der Waals surface area contributed by atoms with Crippen molar-refractivity contribution in [3.63, 3.8) is 0 Å². The summed E-state index contributed by atoms with van der Waals surface area (Å²) < 4.78 is 5.48. The molecule has 1 N–H and O–H groups in total. The van der Waals surface area contributed by atoms with Crippen LogP contribution in [0.3, 0.4) is 0 Å².